The summed E-state index contributed by atoms with van der Waals surface area (Å²) in [6.07, 6.45) is 1.76. The minimum atomic E-state index is -2.62. The number of nitrogens with one attached hydrogen (secondary N) is 1. The summed E-state index contributed by atoms with van der Waals surface area (Å²) in [5.41, 5.74) is -0.735. The summed E-state index contributed by atoms with van der Waals surface area (Å²) >= 11 is 0. The Bertz CT molecular complexity index is 491. The molecule has 0 unspecified atom stereocenters. The molecular weight excluding hydrogens is 282 g/mol. The monoisotopic (exact) mass is 300 g/mol. The maximum absolute atomic E-state index is 12.2. The summed E-state index contributed by atoms with van der Waals surface area (Å²) in [5, 5.41) is 12.7. The van der Waals surface area contributed by atoms with Gasteiger partial charge in [0.2, 0.25) is 11.8 Å². The average molecular weight is 300 g/mol. The molecule has 0 spiro atoms. The lowest BCUT2D eigenvalue weighted by atomic mass is 9.98. The SMILES string of the molecule is O=C(CC1(O)CCCC1)Nc1cccnc1OCC(F)F. The molecule has 116 valence electrons. The number of aliphatic hydroxyl groups is 1. The van der Waals surface area contributed by atoms with E-state index >= 15 is 0 Å². The summed E-state index contributed by atoms with van der Waals surface area (Å²) in [7, 11) is 0. The van der Waals surface area contributed by atoms with Crippen molar-refractivity contribution in [2.75, 3.05) is 11.9 Å². The van der Waals surface area contributed by atoms with Crippen LogP contribution < -0.4 is 10.1 Å². The number of carbonyl (C=O) groups is 1. The van der Waals surface area contributed by atoms with E-state index in [9.17, 15) is 18.7 Å². The molecule has 2 rings (SSSR count). The Labute approximate surface area is 121 Å². The van der Waals surface area contributed by atoms with Crippen molar-refractivity contribution in [2.24, 2.45) is 0 Å². The Morgan fingerprint density at radius 3 is 2.86 bits per heavy atom. The van der Waals surface area contributed by atoms with Gasteiger partial charge in [-0.15, -0.1) is 0 Å². The molecule has 0 radical (unpaired) electrons. The molecule has 2 N–H and O–H groups in total. The van der Waals surface area contributed by atoms with Crippen molar-refractivity contribution in [3.8, 4) is 5.88 Å². The van der Waals surface area contributed by atoms with Gasteiger partial charge in [0, 0.05) is 6.20 Å². The summed E-state index contributed by atoms with van der Waals surface area (Å²) in [6, 6.07) is 3.08. The van der Waals surface area contributed by atoms with Crippen LogP contribution in [0.5, 0.6) is 5.88 Å². The lowest BCUT2D eigenvalue weighted by molar-refractivity contribution is -0.120. The first-order chi connectivity index (χ1) is 9.98. The van der Waals surface area contributed by atoms with E-state index in [1.54, 1.807) is 6.07 Å². The van der Waals surface area contributed by atoms with E-state index in [0.29, 0.717) is 12.8 Å². The molecule has 1 aliphatic carbocycles. The van der Waals surface area contributed by atoms with Gasteiger partial charge in [-0.05, 0) is 25.0 Å². The fourth-order valence-electron chi connectivity index (χ4n) is 2.45. The van der Waals surface area contributed by atoms with Crippen LogP contribution in [0.4, 0.5) is 14.5 Å². The third-order valence-corrected chi connectivity index (χ3v) is 3.42. The van der Waals surface area contributed by atoms with Crippen LogP contribution in [0.2, 0.25) is 0 Å². The van der Waals surface area contributed by atoms with Crippen LogP contribution in [-0.2, 0) is 4.79 Å². The van der Waals surface area contributed by atoms with Crippen LogP contribution >= 0.6 is 0 Å². The van der Waals surface area contributed by atoms with E-state index in [1.165, 1.54) is 12.3 Å². The highest BCUT2D eigenvalue weighted by Crippen LogP contribution is 2.33. The fraction of sp³-hybridized carbons (Fsp3) is 0.571. The van der Waals surface area contributed by atoms with Crippen molar-refractivity contribution in [2.45, 2.75) is 44.1 Å². The van der Waals surface area contributed by atoms with E-state index in [2.05, 4.69) is 10.3 Å². The molecule has 5 nitrogen and oxygen atoms in total. The smallest absolute Gasteiger partial charge is 0.272 e. The maximum atomic E-state index is 12.2. The van der Waals surface area contributed by atoms with Gasteiger partial charge in [-0.25, -0.2) is 13.8 Å². The van der Waals surface area contributed by atoms with Crippen molar-refractivity contribution in [1.29, 1.82) is 0 Å². The van der Waals surface area contributed by atoms with Gasteiger partial charge >= 0.3 is 0 Å². The molecule has 1 saturated carbocycles. The highest BCUT2D eigenvalue weighted by Gasteiger charge is 2.33. The van der Waals surface area contributed by atoms with Crippen LogP contribution in [0.1, 0.15) is 32.1 Å². The molecule has 21 heavy (non-hydrogen) atoms. The number of pyridine rings is 1. The van der Waals surface area contributed by atoms with Gasteiger partial charge < -0.3 is 15.2 Å². The number of anilines is 1. The largest absolute Gasteiger partial charge is 0.470 e. The predicted octanol–water partition coefficient (Wildman–Crippen LogP) is 2.36. The molecule has 1 amide bonds. The second kappa shape index (κ2) is 6.80. The predicted molar refractivity (Wildman–Crippen MR) is 72.4 cm³/mol. The molecule has 0 aromatic carbocycles. The molecule has 1 aliphatic rings. The molecule has 0 bridgehead atoms. The Balaban J connectivity index is 1.96. The Hall–Kier alpha value is -1.76. The van der Waals surface area contributed by atoms with E-state index in [1.807, 2.05) is 0 Å². The summed E-state index contributed by atoms with van der Waals surface area (Å²) in [5.74, 6) is -0.432. The van der Waals surface area contributed by atoms with E-state index in [-0.39, 0.29) is 23.9 Å². The zero-order valence-electron chi connectivity index (χ0n) is 11.5. The number of alkyl halides is 2. The van der Waals surface area contributed by atoms with Gasteiger partial charge in [-0.3, -0.25) is 4.79 Å². The fourth-order valence-corrected chi connectivity index (χ4v) is 2.45. The number of carbonyl (C=O) groups excluding carboxylic acids is 1. The van der Waals surface area contributed by atoms with Crippen molar-refractivity contribution < 1.29 is 23.4 Å². The number of aromatic nitrogens is 1. The Morgan fingerprint density at radius 1 is 1.48 bits per heavy atom. The van der Waals surface area contributed by atoms with Crippen LogP contribution in [0.25, 0.3) is 0 Å². The van der Waals surface area contributed by atoms with Crippen LogP contribution in [0, 0.1) is 0 Å². The summed E-state index contributed by atoms with van der Waals surface area (Å²) < 4.78 is 29.2. The van der Waals surface area contributed by atoms with Gasteiger partial charge in [-0.2, -0.15) is 0 Å². The summed E-state index contributed by atoms with van der Waals surface area (Å²) in [6.45, 7) is -0.788. The number of rotatable bonds is 6. The number of hydrogen-bond donors (Lipinski definition) is 2. The Morgan fingerprint density at radius 2 is 2.19 bits per heavy atom. The molecule has 7 heteroatoms. The van der Waals surface area contributed by atoms with Gasteiger partial charge in [0.15, 0.2) is 6.61 Å². The number of hydrogen-bond acceptors (Lipinski definition) is 4. The molecule has 0 saturated heterocycles. The minimum absolute atomic E-state index is 0.0177. The van der Waals surface area contributed by atoms with E-state index < -0.39 is 18.6 Å². The quantitative estimate of drug-likeness (QED) is 0.846. The highest BCUT2D eigenvalue weighted by atomic mass is 19.3. The molecule has 0 atom stereocenters. The molecule has 0 aliphatic heterocycles. The van der Waals surface area contributed by atoms with Gasteiger partial charge in [0.25, 0.3) is 6.43 Å². The second-order valence-corrected chi connectivity index (χ2v) is 5.21. The first-order valence-electron chi connectivity index (χ1n) is 6.87. The van der Waals surface area contributed by atoms with Gasteiger partial charge in [-0.1, -0.05) is 12.8 Å². The topological polar surface area (TPSA) is 71.5 Å². The number of halogens is 2. The van der Waals surface area contributed by atoms with Crippen molar-refractivity contribution >= 4 is 11.6 Å². The van der Waals surface area contributed by atoms with E-state index in [0.717, 1.165) is 12.8 Å². The first-order valence-corrected chi connectivity index (χ1v) is 6.87. The number of amides is 1. The standard InChI is InChI=1S/C14H18F2N2O3/c15-11(16)9-21-13-10(4-3-7-17-13)18-12(19)8-14(20)5-1-2-6-14/h3-4,7,11,20H,1-2,5-6,8-9H2,(H,18,19). The average Bonchev–Trinajstić information content (AvgIpc) is 2.83. The lowest BCUT2D eigenvalue weighted by Gasteiger charge is -2.21. The molecular formula is C14H18F2N2O3. The summed E-state index contributed by atoms with van der Waals surface area (Å²) in [4.78, 5) is 15.8. The van der Waals surface area contributed by atoms with Crippen LogP contribution in [0.3, 0.4) is 0 Å². The van der Waals surface area contributed by atoms with Gasteiger partial charge in [0.1, 0.15) is 5.69 Å². The van der Waals surface area contributed by atoms with Crippen molar-refractivity contribution in [3.63, 3.8) is 0 Å². The molecule has 1 aromatic rings. The van der Waals surface area contributed by atoms with Crippen LogP contribution in [0.15, 0.2) is 18.3 Å². The maximum Gasteiger partial charge on any atom is 0.272 e. The van der Waals surface area contributed by atoms with E-state index in [4.69, 9.17) is 4.74 Å². The molecule has 1 fully saturated rings. The Kier molecular flexibility index (Phi) is 5.06. The minimum Gasteiger partial charge on any atom is -0.470 e. The number of nitrogens with zero attached hydrogens (tertiary/aromatic N) is 1. The van der Waals surface area contributed by atoms with Gasteiger partial charge in [0.05, 0.1) is 12.0 Å². The second-order valence-electron chi connectivity index (χ2n) is 5.21. The third kappa shape index (κ3) is 4.63. The van der Waals surface area contributed by atoms with Crippen molar-refractivity contribution in [3.05, 3.63) is 18.3 Å². The zero-order valence-corrected chi connectivity index (χ0v) is 11.5. The van der Waals surface area contributed by atoms with Crippen molar-refractivity contribution in [1.82, 2.24) is 4.98 Å². The number of ether oxygens (including phenoxy) is 1. The zero-order chi connectivity index (χ0) is 15.3. The third-order valence-electron chi connectivity index (χ3n) is 3.42. The van der Waals surface area contributed by atoms with Crippen LogP contribution in [-0.4, -0.2) is 34.6 Å². The highest BCUT2D eigenvalue weighted by molar-refractivity contribution is 5.92. The molecule has 1 heterocycles. The normalized spacial score (nSPS) is 17.0. The molecule has 1 aromatic heterocycles. The first kappa shape index (κ1) is 15.6. The lowest BCUT2D eigenvalue weighted by Crippen LogP contribution is -2.30.